The lowest BCUT2D eigenvalue weighted by Crippen LogP contribution is -2.26. The van der Waals surface area contributed by atoms with Crippen LogP contribution in [-0.4, -0.2) is 46.2 Å². The molecule has 0 saturated carbocycles. The summed E-state index contributed by atoms with van der Waals surface area (Å²) in [6, 6.07) is 0. The van der Waals surface area contributed by atoms with E-state index in [2.05, 4.69) is 9.71 Å². The van der Waals surface area contributed by atoms with E-state index in [0.29, 0.717) is 24.3 Å². The molecule has 21 heavy (non-hydrogen) atoms. The fourth-order valence-electron chi connectivity index (χ4n) is 2.04. The Morgan fingerprint density at radius 1 is 1.33 bits per heavy atom. The molecule has 1 aromatic heterocycles. The molecule has 0 unspecified atom stereocenters. The average molecular weight is 318 g/mol. The van der Waals surface area contributed by atoms with Crippen LogP contribution in [0.4, 0.5) is 0 Å². The number of ether oxygens (including phenoxy) is 2. The number of carbonyl (C=O) groups excluding carboxylic acids is 1. The van der Waals surface area contributed by atoms with Gasteiger partial charge in [0.1, 0.15) is 10.6 Å². The molecule has 0 radical (unpaired) electrons. The standard InChI is InChI=1S/C13H22N2O5S/c1-5-20-13(16)11-9(2)12(10(3)15-11)21(17,18)14-7-6-8-19-4/h14-15H,5-8H2,1-4H3. The average Bonchev–Trinajstić information content (AvgIpc) is 2.71. The predicted octanol–water partition coefficient (Wildman–Crippen LogP) is 1.12. The number of methoxy groups -OCH3 is 1. The second kappa shape index (κ2) is 7.58. The lowest BCUT2D eigenvalue weighted by molar-refractivity contribution is 0.0519. The molecule has 0 fully saturated rings. The normalized spacial score (nSPS) is 11.6. The highest BCUT2D eigenvalue weighted by atomic mass is 32.2. The number of sulfonamides is 1. The van der Waals surface area contributed by atoms with Gasteiger partial charge in [-0.05, 0) is 27.2 Å². The summed E-state index contributed by atoms with van der Waals surface area (Å²) in [5.41, 5.74) is 0.951. The number of aromatic amines is 1. The second-order valence-corrected chi connectivity index (χ2v) is 6.25. The first-order valence-corrected chi connectivity index (χ1v) is 8.18. The molecule has 0 spiro atoms. The van der Waals surface area contributed by atoms with Gasteiger partial charge in [0.05, 0.1) is 6.61 Å². The molecule has 1 rings (SSSR count). The Hall–Kier alpha value is -1.38. The second-order valence-electron chi connectivity index (χ2n) is 4.54. The molecule has 120 valence electrons. The Bertz CT molecular complexity index is 592. The van der Waals surface area contributed by atoms with Gasteiger partial charge in [0, 0.05) is 31.5 Å². The van der Waals surface area contributed by atoms with Crippen LogP contribution in [0.15, 0.2) is 4.90 Å². The van der Waals surface area contributed by atoms with Crippen LogP contribution in [0.5, 0.6) is 0 Å². The van der Waals surface area contributed by atoms with Gasteiger partial charge in [0.2, 0.25) is 10.0 Å². The molecule has 0 bridgehead atoms. The van der Waals surface area contributed by atoms with Crippen molar-refractivity contribution in [1.29, 1.82) is 0 Å². The van der Waals surface area contributed by atoms with E-state index in [9.17, 15) is 13.2 Å². The fraction of sp³-hybridized carbons (Fsp3) is 0.615. The first-order chi connectivity index (χ1) is 9.85. The first-order valence-electron chi connectivity index (χ1n) is 6.70. The van der Waals surface area contributed by atoms with Crippen LogP contribution < -0.4 is 4.72 Å². The topological polar surface area (TPSA) is 97.5 Å². The van der Waals surface area contributed by atoms with E-state index in [1.807, 2.05) is 0 Å². The molecule has 1 heterocycles. The van der Waals surface area contributed by atoms with Crippen molar-refractivity contribution in [3.8, 4) is 0 Å². The van der Waals surface area contributed by atoms with E-state index in [1.165, 1.54) is 0 Å². The summed E-state index contributed by atoms with van der Waals surface area (Å²) in [5.74, 6) is -0.557. The van der Waals surface area contributed by atoms with Crippen LogP contribution >= 0.6 is 0 Å². The number of aromatic nitrogens is 1. The molecule has 8 heteroatoms. The maximum Gasteiger partial charge on any atom is 0.355 e. The van der Waals surface area contributed by atoms with Crippen LogP contribution in [0.3, 0.4) is 0 Å². The molecule has 0 aliphatic carbocycles. The Morgan fingerprint density at radius 2 is 2.00 bits per heavy atom. The number of H-pyrrole nitrogens is 1. The summed E-state index contributed by atoms with van der Waals surface area (Å²) in [6.07, 6.45) is 0.572. The zero-order valence-electron chi connectivity index (χ0n) is 12.8. The molecule has 0 aliphatic rings. The summed E-state index contributed by atoms with van der Waals surface area (Å²) >= 11 is 0. The minimum absolute atomic E-state index is 0.1000. The predicted molar refractivity (Wildman–Crippen MR) is 77.9 cm³/mol. The Kier molecular flexibility index (Phi) is 6.38. The molecule has 0 aromatic carbocycles. The molecule has 0 atom stereocenters. The third-order valence-corrected chi connectivity index (χ3v) is 4.67. The smallest absolute Gasteiger partial charge is 0.355 e. The Morgan fingerprint density at radius 3 is 2.57 bits per heavy atom. The summed E-state index contributed by atoms with van der Waals surface area (Å²) in [4.78, 5) is 14.7. The zero-order chi connectivity index (χ0) is 16.0. The summed E-state index contributed by atoms with van der Waals surface area (Å²) in [5, 5.41) is 0. The third-order valence-electron chi connectivity index (χ3n) is 2.93. The van der Waals surface area contributed by atoms with Crippen molar-refractivity contribution in [2.45, 2.75) is 32.1 Å². The van der Waals surface area contributed by atoms with Gasteiger partial charge in [0.25, 0.3) is 0 Å². The largest absolute Gasteiger partial charge is 0.461 e. The highest BCUT2D eigenvalue weighted by Gasteiger charge is 2.26. The van der Waals surface area contributed by atoms with Gasteiger partial charge in [-0.15, -0.1) is 0 Å². The molecule has 7 nitrogen and oxygen atoms in total. The molecular weight excluding hydrogens is 296 g/mol. The summed E-state index contributed by atoms with van der Waals surface area (Å²) in [7, 11) is -2.12. The quantitative estimate of drug-likeness (QED) is 0.553. The molecule has 0 saturated heterocycles. The number of hydrogen-bond acceptors (Lipinski definition) is 5. The van der Waals surface area contributed by atoms with Crippen LogP contribution in [0.25, 0.3) is 0 Å². The van der Waals surface area contributed by atoms with Gasteiger partial charge in [0.15, 0.2) is 0 Å². The van der Waals surface area contributed by atoms with Crippen molar-refractivity contribution < 1.29 is 22.7 Å². The third kappa shape index (κ3) is 4.29. The van der Waals surface area contributed by atoms with E-state index in [4.69, 9.17) is 9.47 Å². The lowest BCUT2D eigenvalue weighted by Gasteiger charge is -2.07. The van der Waals surface area contributed by atoms with Crippen LogP contribution in [0, 0.1) is 13.8 Å². The van der Waals surface area contributed by atoms with Crippen molar-refractivity contribution in [3.63, 3.8) is 0 Å². The molecule has 2 N–H and O–H groups in total. The van der Waals surface area contributed by atoms with Crippen LogP contribution in [-0.2, 0) is 19.5 Å². The number of rotatable bonds is 8. The lowest BCUT2D eigenvalue weighted by atomic mass is 10.2. The maximum absolute atomic E-state index is 12.3. The van der Waals surface area contributed by atoms with Gasteiger partial charge in [-0.3, -0.25) is 0 Å². The molecule has 0 aliphatic heterocycles. The number of carbonyl (C=O) groups is 1. The fourth-order valence-corrected chi connectivity index (χ4v) is 3.56. The van der Waals surface area contributed by atoms with Crippen molar-refractivity contribution in [3.05, 3.63) is 17.0 Å². The number of hydrogen-bond donors (Lipinski definition) is 2. The molecule has 0 amide bonds. The van der Waals surface area contributed by atoms with Crippen LogP contribution in [0.1, 0.15) is 35.1 Å². The van der Waals surface area contributed by atoms with Crippen molar-refractivity contribution >= 4 is 16.0 Å². The van der Waals surface area contributed by atoms with Crippen molar-refractivity contribution in [1.82, 2.24) is 9.71 Å². The number of nitrogens with one attached hydrogen (secondary N) is 2. The number of esters is 1. The van der Waals surface area contributed by atoms with Crippen molar-refractivity contribution in [2.75, 3.05) is 26.9 Å². The Balaban J connectivity index is 2.99. The molecule has 1 aromatic rings. The van der Waals surface area contributed by atoms with Crippen molar-refractivity contribution in [2.24, 2.45) is 0 Å². The first kappa shape index (κ1) is 17.7. The van der Waals surface area contributed by atoms with E-state index in [0.717, 1.165) is 0 Å². The SMILES string of the molecule is CCOC(=O)c1[nH]c(C)c(S(=O)(=O)NCCCOC)c1C. The minimum Gasteiger partial charge on any atom is -0.461 e. The molecular formula is C13H22N2O5S. The number of aryl methyl sites for hydroxylation is 1. The van der Waals surface area contributed by atoms with Crippen LogP contribution in [0.2, 0.25) is 0 Å². The van der Waals surface area contributed by atoms with Gasteiger partial charge >= 0.3 is 5.97 Å². The van der Waals surface area contributed by atoms with Gasteiger partial charge < -0.3 is 14.5 Å². The minimum atomic E-state index is -3.67. The van der Waals surface area contributed by atoms with E-state index in [1.54, 1.807) is 27.9 Å². The van der Waals surface area contributed by atoms with Gasteiger partial charge in [-0.1, -0.05) is 0 Å². The summed E-state index contributed by atoms with van der Waals surface area (Å²) in [6.45, 7) is 5.86. The monoisotopic (exact) mass is 318 g/mol. The van der Waals surface area contributed by atoms with E-state index in [-0.39, 0.29) is 23.7 Å². The van der Waals surface area contributed by atoms with Gasteiger partial charge in [-0.2, -0.15) is 0 Å². The Labute approximate surface area is 125 Å². The zero-order valence-corrected chi connectivity index (χ0v) is 13.6. The van der Waals surface area contributed by atoms with E-state index < -0.39 is 16.0 Å². The highest BCUT2D eigenvalue weighted by molar-refractivity contribution is 7.89. The van der Waals surface area contributed by atoms with Gasteiger partial charge in [-0.25, -0.2) is 17.9 Å². The van der Waals surface area contributed by atoms with E-state index >= 15 is 0 Å². The maximum atomic E-state index is 12.3. The summed E-state index contributed by atoms with van der Waals surface area (Å²) < 4.78 is 36.9. The highest BCUT2D eigenvalue weighted by Crippen LogP contribution is 2.23.